The number of carbonyl (C=O) groups excluding carboxylic acids is 2. The summed E-state index contributed by atoms with van der Waals surface area (Å²) in [6, 6.07) is 16.8. The van der Waals surface area contributed by atoms with Gasteiger partial charge in [-0.25, -0.2) is 0 Å². The molecule has 0 heterocycles. The van der Waals surface area contributed by atoms with E-state index >= 15 is 0 Å². The minimum atomic E-state index is -0.160. The molecule has 3 aromatic rings. The van der Waals surface area contributed by atoms with Gasteiger partial charge in [0.15, 0.2) is 11.6 Å². The summed E-state index contributed by atoms with van der Waals surface area (Å²) in [5, 5.41) is 9.77. The Bertz CT molecular complexity index is 1020. The molecule has 0 spiro atoms. The van der Waals surface area contributed by atoms with Crippen LogP contribution in [0.3, 0.4) is 0 Å². The molecule has 1 aliphatic rings. The van der Waals surface area contributed by atoms with Gasteiger partial charge in [-0.3, -0.25) is 9.59 Å². The molecule has 0 atom stereocenters. The predicted molar refractivity (Wildman–Crippen MR) is 91.9 cm³/mol. The Labute approximate surface area is 143 Å². The predicted octanol–water partition coefficient (Wildman–Crippen LogP) is 4.49. The highest BCUT2D eigenvalue weighted by atomic mass is 35.5. The van der Waals surface area contributed by atoms with Crippen molar-refractivity contribution in [1.82, 2.24) is 0 Å². The van der Waals surface area contributed by atoms with Crippen LogP contribution in [0.25, 0.3) is 11.1 Å². The van der Waals surface area contributed by atoms with Crippen molar-refractivity contribution in [3.8, 4) is 16.9 Å². The Morgan fingerprint density at radius 3 is 1.88 bits per heavy atom. The number of hydrogen-bond donors (Lipinski definition) is 1. The molecule has 0 radical (unpaired) electrons. The van der Waals surface area contributed by atoms with Crippen molar-refractivity contribution in [1.29, 1.82) is 0 Å². The second kappa shape index (κ2) is 5.32. The summed E-state index contributed by atoms with van der Waals surface area (Å²) in [5.41, 5.74) is 3.19. The molecule has 0 saturated carbocycles. The molecular weight excluding hydrogens is 324 g/mol. The maximum atomic E-state index is 12.7. The van der Waals surface area contributed by atoms with Crippen molar-refractivity contribution in [2.45, 2.75) is 0 Å². The van der Waals surface area contributed by atoms with Crippen molar-refractivity contribution in [3.05, 3.63) is 87.9 Å². The largest absolute Gasteiger partial charge is 0.506 e. The van der Waals surface area contributed by atoms with Gasteiger partial charge in [-0.2, -0.15) is 0 Å². The zero-order valence-corrected chi connectivity index (χ0v) is 13.2. The number of phenolic OH excluding ortho intramolecular Hbond substituents is 1. The van der Waals surface area contributed by atoms with Crippen molar-refractivity contribution in [3.63, 3.8) is 0 Å². The molecular formula is C20H11ClO3. The molecule has 1 aliphatic carbocycles. The minimum Gasteiger partial charge on any atom is -0.506 e. The number of aromatic hydroxyl groups is 1. The van der Waals surface area contributed by atoms with Crippen LogP contribution in [0.4, 0.5) is 0 Å². The molecule has 0 amide bonds. The molecule has 3 aromatic carbocycles. The average Bonchev–Trinajstić information content (AvgIpc) is 2.61. The highest BCUT2D eigenvalue weighted by Gasteiger charge is 2.29. The van der Waals surface area contributed by atoms with Gasteiger partial charge in [-0.1, -0.05) is 48.0 Å². The van der Waals surface area contributed by atoms with Crippen molar-refractivity contribution < 1.29 is 14.7 Å². The van der Waals surface area contributed by atoms with Gasteiger partial charge in [0.25, 0.3) is 0 Å². The highest BCUT2D eigenvalue weighted by molar-refractivity contribution is 6.32. The monoisotopic (exact) mass is 334 g/mol. The van der Waals surface area contributed by atoms with E-state index in [0.29, 0.717) is 22.3 Å². The molecule has 0 bridgehead atoms. The zero-order chi connectivity index (χ0) is 16.8. The third-order valence-electron chi connectivity index (χ3n) is 4.21. The number of halogens is 1. The van der Waals surface area contributed by atoms with Gasteiger partial charge in [-0.15, -0.1) is 0 Å². The molecule has 116 valence electrons. The van der Waals surface area contributed by atoms with Crippen LogP contribution in [0.1, 0.15) is 31.8 Å². The third-order valence-corrected chi connectivity index (χ3v) is 4.51. The van der Waals surface area contributed by atoms with Crippen LogP contribution in [0.5, 0.6) is 5.75 Å². The van der Waals surface area contributed by atoms with E-state index in [-0.39, 0.29) is 22.3 Å². The second-order valence-electron chi connectivity index (χ2n) is 5.63. The molecule has 0 saturated heterocycles. The first-order chi connectivity index (χ1) is 11.6. The number of fused-ring (bicyclic) bond motifs is 2. The zero-order valence-electron chi connectivity index (χ0n) is 12.4. The van der Waals surface area contributed by atoms with E-state index in [1.165, 1.54) is 6.07 Å². The Hall–Kier alpha value is -2.91. The first-order valence-electron chi connectivity index (χ1n) is 7.37. The van der Waals surface area contributed by atoms with Crippen LogP contribution >= 0.6 is 11.6 Å². The van der Waals surface area contributed by atoms with Gasteiger partial charge in [0, 0.05) is 22.3 Å². The summed E-state index contributed by atoms with van der Waals surface area (Å²) in [6.07, 6.45) is 0. The molecule has 0 fully saturated rings. The van der Waals surface area contributed by atoms with Crippen molar-refractivity contribution in [2.24, 2.45) is 0 Å². The molecule has 24 heavy (non-hydrogen) atoms. The molecule has 4 heteroatoms. The summed E-state index contributed by atoms with van der Waals surface area (Å²) in [6.45, 7) is 0. The first-order valence-corrected chi connectivity index (χ1v) is 7.75. The number of benzene rings is 3. The minimum absolute atomic E-state index is 0.00133. The van der Waals surface area contributed by atoms with Gasteiger partial charge in [-0.05, 0) is 35.4 Å². The molecule has 0 aliphatic heterocycles. The summed E-state index contributed by atoms with van der Waals surface area (Å²) in [4.78, 5) is 25.3. The van der Waals surface area contributed by atoms with E-state index in [0.717, 1.165) is 11.1 Å². The van der Waals surface area contributed by atoms with E-state index in [4.69, 9.17) is 11.6 Å². The summed E-state index contributed by atoms with van der Waals surface area (Å²) < 4.78 is 0. The number of hydrogen-bond acceptors (Lipinski definition) is 3. The van der Waals surface area contributed by atoms with E-state index in [2.05, 4.69) is 0 Å². The van der Waals surface area contributed by atoms with Gasteiger partial charge in [0.1, 0.15) is 5.75 Å². The van der Waals surface area contributed by atoms with E-state index in [9.17, 15) is 14.7 Å². The third kappa shape index (κ3) is 2.14. The Morgan fingerprint density at radius 2 is 1.21 bits per heavy atom. The average molecular weight is 335 g/mol. The quantitative estimate of drug-likeness (QED) is 0.558. The van der Waals surface area contributed by atoms with Crippen LogP contribution in [0.2, 0.25) is 5.02 Å². The van der Waals surface area contributed by atoms with Gasteiger partial charge in [0.2, 0.25) is 0 Å². The molecule has 0 unspecified atom stereocenters. The fourth-order valence-corrected chi connectivity index (χ4v) is 3.15. The topological polar surface area (TPSA) is 54.4 Å². The van der Waals surface area contributed by atoms with E-state index < -0.39 is 0 Å². The Balaban J connectivity index is 1.88. The normalized spacial score (nSPS) is 12.7. The van der Waals surface area contributed by atoms with Crippen LogP contribution in [-0.4, -0.2) is 16.7 Å². The van der Waals surface area contributed by atoms with E-state index in [1.54, 1.807) is 54.6 Å². The number of ketones is 2. The van der Waals surface area contributed by atoms with Crippen LogP contribution in [0, 0.1) is 0 Å². The van der Waals surface area contributed by atoms with Crippen LogP contribution < -0.4 is 0 Å². The van der Waals surface area contributed by atoms with Crippen LogP contribution in [0.15, 0.2) is 60.7 Å². The lowest BCUT2D eigenvalue weighted by Crippen LogP contribution is -2.20. The smallest absolute Gasteiger partial charge is 0.194 e. The second-order valence-corrected chi connectivity index (χ2v) is 6.04. The maximum absolute atomic E-state index is 12.7. The van der Waals surface area contributed by atoms with Crippen molar-refractivity contribution in [2.75, 3.05) is 0 Å². The molecule has 4 rings (SSSR count). The Kier molecular flexibility index (Phi) is 3.25. The highest BCUT2D eigenvalue weighted by Crippen LogP contribution is 2.33. The van der Waals surface area contributed by atoms with Crippen molar-refractivity contribution >= 4 is 23.2 Å². The number of carbonyl (C=O) groups is 2. The molecule has 0 aromatic heterocycles. The number of rotatable bonds is 1. The standard InChI is InChI=1S/C20H11ClO3/c21-17-10-12(6-8-18(17)22)11-5-7-15-16(9-11)20(24)14-4-2-1-3-13(14)19(15)23/h1-10,22H. The lowest BCUT2D eigenvalue weighted by Gasteiger charge is -2.18. The lowest BCUT2D eigenvalue weighted by atomic mass is 9.83. The maximum Gasteiger partial charge on any atom is 0.194 e. The van der Waals surface area contributed by atoms with Gasteiger partial charge < -0.3 is 5.11 Å². The Morgan fingerprint density at radius 1 is 0.667 bits per heavy atom. The van der Waals surface area contributed by atoms with Gasteiger partial charge >= 0.3 is 0 Å². The lowest BCUT2D eigenvalue weighted by molar-refractivity contribution is 0.0979. The summed E-state index contributed by atoms with van der Waals surface area (Å²) in [7, 11) is 0. The summed E-state index contributed by atoms with van der Waals surface area (Å²) >= 11 is 5.95. The fourth-order valence-electron chi connectivity index (χ4n) is 2.97. The SMILES string of the molecule is O=C1c2ccccc2C(=O)c2cc(-c3ccc(O)c(Cl)c3)ccc21. The first kappa shape index (κ1) is 14.7. The van der Waals surface area contributed by atoms with E-state index in [1.807, 2.05) is 0 Å². The molecule has 1 N–H and O–H groups in total. The van der Waals surface area contributed by atoms with Crippen LogP contribution in [-0.2, 0) is 0 Å². The fraction of sp³-hybridized carbons (Fsp3) is 0. The summed E-state index contributed by atoms with van der Waals surface area (Å²) in [5.74, 6) is -0.305. The number of phenols is 1. The van der Waals surface area contributed by atoms with Gasteiger partial charge in [0.05, 0.1) is 5.02 Å². The molecule has 3 nitrogen and oxygen atoms in total.